The monoisotopic (exact) mass is 629 g/mol. The number of rotatable bonds is 5. The van der Waals surface area contributed by atoms with Crippen LogP contribution in [0.4, 0.5) is 11.4 Å². The molecule has 7 aromatic carbocycles. The zero-order valence-corrected chi connectivity index (χ0v) is 26.7. The fraction of sp³-hybridized carbons (Fsp3) is 0.0435. The molecule has 2 aromatic heterocycles. The number of furan rings is 2. The molecule has 0 bridgehead atoms. The van der Waals surface area contributed by atoms with E-state index in [0.717, 1.165) is 78.4 Å². The molecule has 1 N–H and O–H groups in total. The number of nitrogens with one attached hydrogen (secondary N) is 1. The highest BCUT2D eigenvalue weighted by Crippen LogP contribution is 2.42. The van der Waals surface area contributed by atoms with Crippen LogP contribution in [0.5, 0.6) is 0 Å². The second-order valence-corrected chi connectivity index (χ2v) is 12.9. The fourth-order valence-electron chi connectivity index (χ4n) is 7.66. The highest BCUT2D eigenvalue weighted by Gasteiger charge is 2.18. The molecule has 10 rings (SSSR count). The Morgan fingerprint density at radius 1 is 0.510 bits per heavy atom. The van der Waals surface area contributed by atoms with Gasteiger partial charge in [0.25, 0.3) is 0 Å². The van der Waals surface area contributed by atoms with Crippen LogP contribution in [-0.2, 0) is 0 Å². The van der Waals surface area contributed by atoms with Crippen molar-refractivity contribution >= 4 is 67.4 Å². The van der Waals surface area contributed by atoms with Crippen molar-refractivity contribution < 1.29 is 8.83 Å². The van der Waals surface area contributed by atoms with E-state index in [9.17, 15) is 0 Å². The van der Waals surface area contributed by atoms with E-state index in [1.807, 2.05) is 12.1 Å². The topological polar surface area (TPSA) is 38.3 Å². The second-order valence-electron chi connectivity index (χ2n) is 12.9. The molecule has 1 atom stereocenters. The van der Waals surface area contributed by atoms with Crippen LogP contribution in [0, 0.1) is 0 Å². The predicted octanol–water partition coefficient (Wildman–Crippen LogP) is 11.3. The number of fused-ring (bicyclic) bond motifs is 7. The summed E-state index contributed by atoms with van der Waals surface area (Å²) >= 11 is 0. The molecule has 9 aromatic rings. The van der Waals surface area contributed by atoms with Crippen molar-refractivity contribution in [3.8, 4) is 22.3 Å². The summed E-state index contributed by atoms with van der Waals surface area (Å²) in [4.78, 5) is 0. The van der Waals surface area contributed by atoms with Gasteiger partial charge in [-0.25, -0.2) is 0 Å². The molecule has 0 aliphatic heterocycles. The van der Waals surface area contributed by atoms with Gasteiger partial charge in [-0.15, -0.1) is 0 Å². The van der Waals surface area contributed by atoms with Gasteiger partial charge < -0.3 is 14.2 Å². The van der Waals surface area contributed by atoms with Gasteiger partial charge >= 0.3 is 0 Å². The van der Waals surface area contributed by atoms with Gasteiger partial charge in [0.2, 0.25) is 0 Å². The molecular formula is C46H31NO2. The number of benzene rings is 7. The van der Waals surface area contributed by atoms with Crippen molar-refractivity contribution in [3.05, 3.63) is 168 Å². The minimum absolute atomic E-state index is 0.338. The predicted molar refractivity (Wildman–Crippen MR) is 204 cm³/mol. The third-order valence-corrected chi connectivity index (χ3v) is 9.97. The van der Waals surface area contributed by atoms with Gasteiger partial charge in [0, 0.05) is 33.3 Å². The molecule has 3 heteroatoms. The van der Waals surface area contributed by atoms with Crippen LogP contribution in [0.2, 0.25) is 0 Å². The van der Waals surface area contributed by atoms with E-state index in [1.54, 1.807) is 0 Å². The fourth-order valence-corrected chi connectivity index (χ4v) is 7.66. The zero-order valence-electron chi connectivity index (χ0n) is 26.7. The quantitative estimate of drug-likeness (QED) is 0.206. The van der Waals surface area contributed by atoms with Gasteiger partial charge in [-0.1, -0.05) is 127 Å². The minimum atomic E-state index is 0.338. The molecule has 232 valence electrons. The smallest absolute Gasteiger partial charge is 0.143 e. The van der Waals surface area contributed by atoms with Gasteiger partial charge in [0.1, 0.15) is 22.3 Å². The van der Waals surface area contributed by atoms with Crippen molar-refractivity contribution in [2.75, 3.05) is 5.32 Å². The number of anilines is 2. The van der Waals surface area contributed by atoms with Gasteiger partial charge in [0.05, 0.1) is 11.1 Å². The molecule has 0 radical (unpaired) electrons. The van der Waals surface area contributed by atoms with Gasteiger partial charge in [-0.05, 0) is 75.5 Å². The standard InChI is InChI=1S/C46H31NO2/c1-2-11-30-26-32(25-24-29(30)10-1)31-12-5-13-33(27-31)36-17-8-22-42-44(36)45-40(20-9-23-43(45)48-42)47-35-15-6-14-34(28-35)37-18-7-19-39-38-16-3-4-21-41(38)49-46(37)39/h1-24,26-28,32,47H,25H2. The Bertz CT molecular complexity index is 2850. The Hall–Kier alpha value is -6.32. The maximum Gasteiger partial charge on any atom is 0.143 e. The van der Waals surface area contributed by atoms with Crippen molar-refractivity contribution in [3.63, 3.8) is 0 Å². The van der Waals surface area contributed by atoms with Crippen LogP contribution in [0.1, 0.15) is 17.9 Å². The average molecular weight is 630 g/mol. The zero-order chi connectivity index (χ0) is 32.3. The lowest BCUT2D eigenvalue weighted by molar-refractivity contribution is 0.669. The molecular weight excluding hydrogens is 599 g/mol. The molecule has 49 heavy (non-hydrogen) atoms. The van der Waals surface area contributed by atoms with E-state index in [2.05, 4.69) is 157 Å². The van der Waals surface area contributed by atoms with E-state index in [1.165, 1.54) is 21.6 Å². The summed E-state index contributed by atoms with van der Waals surface area (Å²) in [6.07, 6.45) is 5.77. The summed E-state index contributed by atoms with van der Waals surface area (Å²) in [5.41, 5.74) is 11.4. The highest BCUT2D eigenvalue weighted by molar-refractivity contribution is 6.17. The molecule has 0 saturated carbocycles. The van der Waals surface area contributed by atoms with Gasteiger partial charge in [-0.2, -0.15) is 0 Å². The largest absolute Gasteiger partial charge is 0.456 e. The first-order chi connectivity index (χ1) is 24.3. The molecule has 2 heterocycles. The number of hydrogen-bond acceptors (Lipinski definition) is 3. The van der Waals surface area contributed by atoms with Crippen LogP contribution in [0.15, 0.2) is 160 Å². The maximum absolute atomic E-state index is 6.49. The Morgan fingerprint density at radius 3 is 2.14 bits per heavy atom. The van der Waals surface area contributed by atoms with E-state index in [4.69, 9.17) is 8.83 Å². The number of para-hydroxylation sites is 2. The lowest BCUT2D eigenvalue weighted by Gasteiger charge is -2.16. The molecule has 1 aliphatic rings. The first-order valence-corrected chi connectivity index (χ1v) is 16.9. The third kappa shape index (κ3) is 4.66. The SMILES string of the molecule is C1=c2ccccc2=CC(c2cccc(-c3cccc4oc5cccc(Nc6cccc(-c7cccc8c7oc7ccccc78)c6)c5c34)c2)C1. The average Bonchev–Trinajstić information content (AvgIpc) is 3.74. The van der Waals surface area contributed by atoms with Crippen LogP contribution in [0.25, 0.3) is 78.3 Å². The molecule has 0 fully saturated rings. The summed E-state index contributed by atoms with van der Waals surface area (Å²) in [5, 5.41) is 10.8. The first-order valence-electron chi connectivity index (χ1n) is 16.9. The molecule has 1 unspecified atom stereocenters. The van der Waals surface area contributed by atoms with Crippen molar-refractivity contribution in [1.29, 1.82) is 0 Å². The van der Waals surface area contributed by atoms with Crippen molar-refractivity contribution in [2.24, 2.45) is 0 Å². The maximum atomic E-state index is 6.49. The number of hydrogen-bond donors (Lipinski definition) is 1. The molecule has 0 saturated heterocycles. The third-order valence-electron chi connectivity index (χ3n) is 9.97. The normalized spacial score (nSPS) is 14.2. The summed E-state index contributed by atoms with van der Waals surface area (Å²) < 4.78 is 12.9. The Labute approximate surface area is 283 Å². The minimum Gasteiger partial charge on any atom is -0.456 e. The van der Waals surface area contributed by atoms with Gasteiger partial charge in [0.15, 0.2) is 0 Å². The van der Waals surface area contributed by atoms with Gasteiger partial charge in [-0.3, -0.25) is 0 Å². The van der Waals surface area contributed by atoms with Crippen LogP contribution in [-0.4, -0.2) is 0 Å². The molecule has 3 nitrogen and oxygen atoms in total. The van der Waals surface area contributed by atoms with E-state index >= 15 is 0 Å². The van der Waals surface area contributed by atoms with E-state index in [-0.39, 0.29) is 0 Å². The summed E-state index contributed by atoms with van der Waals surface area (Å²) in [7, 11) is 0. The molecule has 1 aliphatic carbocycles. The Morgan fingerprint density at radius 2 is 1.20 bits per heavy atom. The Balaban J connectivity index is 1.06. The molecule has 0 amide bonds. The van der Waals surface area contributed by atoms with Crippen molar-refractivity contribution in [1.82, 2.24) is 0 Å². The first kappa shape index (κ1) is 27.8. The summed E-state index contributed by atoms with van der Waals surface area (Å²) in [5.74, 6) is 0.338. The lowest BCUT2D eigenvalue weighted by Crippen LogP contribution is -2.27. The van der Waals surface area contributed by atoms with E-state index in [0.29, 0.717) is 5.92 Å². The summed E-state index contributed by atoms with van der Waals surface area (Å²) in [6, 6.07) is 53.5. The summed E-state index contributed by atoms with van der Waals surface area (Å²) in [6.45, 7) is 0. The highest BCUT2D eigenvalue weighted by atomic mass is 16.3. The van der Waals surface area contributed by atoms with Crippen molar-refractivity contribution in [2.45, 2.75) is 12.3 Å². The van der Waals surface area contributed by atoms with Crippen LogP contribution >= 0.6 is 0 Å². The van der Waals surface area contributed by atoms with E-state index < -0.39 is 0 Å². The second kappa shape index (κ2) is 11.1. The van der Waals surface area contributed by atoms with Crippen LogP contribution in [0.3, 0.4) is 0 Å². The molecule has 0 spiro atoms. The Kier molecular flexibility index (Phi) is 6.31. The van der Waals surface area contributed by atoms with Crippen LogP contribution < -0.4 is 15.8 Å². The lowest BCUT2D eigenvalue weighted by atomic mass is 9.88.